The van der Waals surface area contributed by atoms with E-state index in [-0.39, 0.29) is 17.6 Å². The van der Waals surface area contributed by atoms with Gasteiger partial charge in [-0.15, -0.1) is 0 Å². The molecule has 0 radical (unpaired) electrons. The van der Waals surface area contributed by atoms with E-state index >= 15 is 0 Å². The van der Waals surface area contributed by atoms with E-state index in [1.807, 2.05) is 13.0 Å². The average Bonchev–Trinajstić information content (AvgIpc) is 2.68. The Balaban J connectivity index is 2.18. The Morgan fingerprint density at radius 2 is 2.39 bits per heavy atom. The number of phenols is 1. The van der Waals surface area contributed by atoms with E-state index in [9.17, 15) is 9.90 Å². The van der Waals surface area contributed by atoms with Crippen molar-refractivity contribution in [3.63, 3.8) is 0 Å². The maximum absolute atomic E-state index is 11.9. The van der Waals surface area contributed by atoms with Crippen molar-refractivity contribution in [2.75, 3.05) is 18.0 Å². The fourth-order valence-electron chi connectivity index (χ4n) is 2.15. The van der Waals surface area contributed by atoms with Crippen molar-refractivity contribution in [3.8, 4) is 5.75 Å². The zero-order valence-corrected chi connectivity index (χ0v) is 10.1. The highest BCUT2D eigenvalue weighted by molar-refractivity contribution is 5.97. The molecule has 18 heavy (non-hydrogen) atoms. The molecule has 1 amide bonds. The maximum Gasteiger partial charge on any atom is 0.227 e. The van der Waals surface area contributed by atoms with Crippen LogP contribution in [0, 0.1) is 12.8 Å². The summed E-state index contributed by atoms with van der Waals surface area (Å²) in [5.74, 6) is 0.0779. The predicted molar refractivity (Wildman–Crippen MR) is 67.3 cm³/mol. The minimum atomic E-state index is -0.0488. The predicted octanol–water partition coefficient (Wildman–Crippen LogP) is 2.36. The summed E-state index contributed by atoms with van der Waals surface area (Å²) in [6.45, 7) is 2.67. The number of phenolic OH excluding ortho intramolecular Hbond substituents is 1. The molecule has 94 valence electrons. The molecule has 0 aliphatic carbocycles. The molecule has 1 saturated heterocycles. The first kappa shape index (κ1) is 12.3. The van der Waals surface area contributed by atoms with Crippen LogP contribution in [0.3, 0.4) is 0 Å². The molecule has 0 bridgehead atoms. The van der Waals surface area contributed by atoms with Gasteiger partial charge in [0.25, 0.3) is 0 Å². The van der Waals surface area contributed by atoms with Gasteiger partial charge in [-0.2, -0.15) is 0 Å². The number of benzene rings is 1. The average molecular weight is 246 g/mol. The van der Waals surface area contributed by atoms with E-state index in [0.717, 1.165) is 5.56 Å². The summed E-state index contributed by atoms with van der Waals surface area (Å²) in [7, 11) is 0. The first-order chi connectivity index (χ1) is 8.61. The van der Waals surface area contributed by atoms with Crippen molar-refractivity contribution < 1.29 is 9.90 Å². The van der Waals surface area contributed by atoms with Crippen LogP contribution < -0.4 is 4.90 Å². The maximum atomic E-state index is 11.9. The normalized spacial score (nSPS) is 18.8. The van der Waals surface area contributed by atoms with Gasteiger partial charge in [0.2, 0.25) is 5.91 Å². The SMILES string of the molecule is Cc1ccc(N2CC(CN=[N+]=[N-])CC2=O)c(O)c1. The Hall–Kier alpha value is -2.20. The Kier molecular flexibility index (Phi) is 3.39. The second kappa shape index (κ2) is 4.98. The van der Waals surface area contributed by atoms with E-state index in [4.69, 9.17) is 5.53 Å². The molecular weight excluding hydrogens is 232 g/mol. The van der Waals surface area contributed by atoms with E-state index < -0.39 is 0 Å². The van der Waals surface area contributed by atoms with Gasteiger partial charge in [0.15, 0.2) is 0 Å². The Labute approximate surface area is 104 Å². The molecule has 1 atom stereocenters. The summed E-state index contributed by atoms with van der Waals surface area (Å²) in [6, 6.07) is 5.21. The van der Waals surface area contributed by atoms with Gasteiger partial charge in [0.1, 0.15) is 5.75 Å². The highest BCUT2D eigenvalue weighted by atomic mass is 16.3. The molecule has 1 heterocycles. The standard InChI is InChI=1S/C12H14N4O2/c1-8-2-3-10(11(17)4-8)16-7-9(5-12(16)18)6-14-15-13/h2-4,9,17H,5-7H2,1H3. The highest BCUT2D eigenvalue weighted by Crippen LogP contribution is 2.32. The van der Waals surface area contributed by atoms with Crippen molar-refractivity contribution in [2.45, 2.75) is 13.3 Å². The molecule has 0 aromatic heterocycles. The number of azide groups is 1. The minimum absolute atomic E-state index is 0.0223. The van der Waals surface area contributed by atoms with Crippen molar-refractivity contribution in [1.29, 1.82) is 0 Å². The van der Waals surface area contributed by atoms with Gasteiger partial charge >= 0.3 is 0 Å². The summed E-state index contributed by atoms with van der Waals surface area (Å²) in [6.07, 6.45) is 0.354. The van der Waals surface area contributed by atoms with Crippen molar-refractivity contribution in [2.24, 2.45) is 11.0 Å². The van der Waals surface area contributed by atoms with Crippen molar-refractivity contribution in [3.05, 3.63) is 34.2 Å². The van der Waals surface area contributed by atoms with Crippen LogP contribution in [-0.4, -0.2) is 24.1 Å². The van der Waals surface area contributed by atoms with Crippen LogP contribution in [0.4, 0.5) is 5.69 Å². The van der Waals surface area contributed by atoms with Gasteiger partial charge in [-0.3, -0.25) is 4.79 Å². The van der Waals surface area contributed by atoms with E-state index in [2.05, 4.69) is 10.0 Å². The Bertz CT molecular complexity index is 523. The molecule has 6 heteroatoms. The van der Waals surface area contributed by atoms with Gasteiger partial charge in [-0.1, -0.05) is 11.2 Å². The number of nitrogens with zero attached hydrogens (tertiary/aromatic N) is 4. The molecule has 1 N–H and O–H groups in total. The summed E-state index contributed by atoms with van der Waals surface area (Å²) in [5, 5.41) is 13.3. The van der Waals surface area contributed by atoms with Gasteiger partial charge < -0.3 is 10.0 Å². The molecule has 0 spiro atoms. The van der Waals surface area contributed by atoms with Crippen LogP contribution in [0.2, 0.25) is 0 Å². The summed E-state index contributed by atoms with van der Waals surface area (Å²) >= 11 is 0. The fraction of sp³-hybridized carbons (Fsp3) is 0.417. The monoisotopic (exact) mass is 246 g/mol. The lowest BCUT2D eigenvalue weighted by Crippen LogP contribution is -2.24. The van der Waals surface area contributed by atoms with Crippen LogP contribution in [-0.2, 0) is 4.79 Å². The lowest BCUT2D eigenvalue weighted by atomic mass is 10.1. The molecule has 6 nitrogen and oxygen atoms in total. The van der Waals surface area contributed by atoms with Crippen LogP contribution in [0.25, 0.3) is 10.4 Å². The number of aryl methyl sites for hydroxylation is 1. The lowest BCUT2D eigenvalue weighted by Gasteiger charge is -2.18. The zero-order chi connectivity index (χ0) is 13.1. The molecule has 0 saturated carbocycles. The van der Waals surface area contributed by atoms with Crippen molar-refractivity contribution in [1.82, 2.24) is 0 Å². The molecule has 1 aliphatic heterocycles. The summed E-state index contributed by atoms with van der Waals surface area (Å²) in [5.41, 5.74) is 9.73. The van der Waals surface area contributed by atoms with Crippen LogP contribution in [0.1, 0.15) is 12.0 Å². The number of carbonyl (C=O) groups excluding carboxylic acids is 1. The third kappa shape index (κ3) is 2.38. The first-order valence-electron chi connectivity index (χ1n) is 5.72. The fourth-order valence-corrected chi connectivity index (χ4v) is 2.15. The quantitative estimate of drug-likeness (QED) is 0.504. The second-order valence-corrected chi connectivity index (χ2v) is 4.48. The van der Waals surface area contributed by atoms with Gasteiger partial charge in [0, 0.05) is 24.4 Å². The largest absolute Gasteiger partial charge is 0.506 e. The van der Waals surface area contributed by atoms with Gasteiger partial charge in [-0.25, -0.2) is 0 Å². The Morgan fingerprint density at radius 3 is 3.06 bits per heavy atom. The van der Waals surface area contributed by atoms with Gasteiger partial charge in [0.05, 0.1) is 5.69 Å². The van der Waals surface area contributed by atoms with Crippen LogP contribution in [0.15, 0.2) is 23.3 Å². The van der Waals surface area contributed by atoms with Gasteiger partial charge in [-0.05, 0) is 36.1 Å². The number of hydrogen-bond donors (Lipinski definition) is 1. The minimum Gasteiger partial charge on any atom is -0.506 e. The van der Waals surface area contributed by atoms with E-state index in [1.54, 1.807) is 17.0 Å². The number of anilines is 1. The number of amides is 1. The number of hydrogen-bond acceptors (Lipinski definition) is 3. The molecule has 1 unspecified atom stereocenters. The van der Waals surface area contributed by atoms with Crippen LogP contribution in [0.5, 0.6) is 5.75 Å². The molecule has 2 rings (SSSR count). The van der Waals surface area contributed by atoms with E-state index in [0.29, 0.717) is 25.2 Å². The topological polar surface area (TPSA) is 89.3 Å². The van der Waals surface area contributed by atoms with Crippen molar-refractivity contribution >= 4 is 11.6 Å². The third-order valence-electron chi connectivity index (χ3n) is 3.03. The van der Waals surface area contributed by atoms with Crippen LogP contribution >= 0.6 is 0 Å². The number of carbonyl (C=O) groups is 1. The first-order valence-corrected chi connectivity index (χ1v) is 5.72. The third-order valence-corrected chi connectivity index (χ3v) is 3.03. The Morgan fingerprint density at radius 1 is 1.61 bits per heavy atom. The highest BCUT2D eigenvalue weighted by Gasteiger charge is 2.31. The lowest BCUT2D eigenvalue weighted by molar-refractivity contribution is -0.117. The molecule has 1 aromatic carbocycles. The number of aromatic hydroxyl groups is 1. The molecular formula is C12H14N4O2. The molecule has 1 aromatic rings. The van der Waals surface area contributed by atoms with E-state index in [1.165, 1.54) is 0 Å². The number of rotatable bonds is 3. The zero-order valence-electron chi connectivity index (χ0n) is 10.1. The molecule has 1 aliphatic rings. The molecule has 1 fully saturated rings. The second-order valence-electron chi connectivity index (χ2n) is 4.48. The smallest absolute Gasteiger partial charge is 0.227 e. The summed E-state index contributed by atoms with van der Waals surface area (Å²) < 4.78 is 0. The summed E-state index contributed by atoms with van der Waals surface area (Å²) in [4.78, 5) is 16.1.